The lowest BCUT2D eigenvalue weighted by Gasteiger charge is -2.25. The topological polar surface area (TPSA) is 130 Å². The molecule has 2 aliphatic rings. The van der Waals surface area contributed by atoms with Crippen LogP contribution >= 0.6 is 0 Å². The van der Waals surface area contributed by atoms with Crippen molar-refractivity contribution in [2.24, 2.45) is 5.16 Å². The van der Waals surface area contributed by atoms with Crippen molar-refractivity contribution >= 4 is 55.8 Å². The first-order valence-corrected chi connectivity index (χ1v) is 15.1. The maximum Gasteiger partial charge on any atom is 0.338 e. The predicted octanol–water partition coefficient (Wildman–Crippen LogP) is 6.30. The average Bonchev–Trinajstić information content (AvgIpc) is 3.34. The first-order valence-electron chi connectivity index (χ1n) is 13.5. The van der Waals surface area contributed by atoms with Gasteiger partial charge in [-0.3, -0.25) is 4.28 Å². The largest absolute Gasteiger partial charge is 0.478 e. The second-order valence-corrected chi connectivity index (χ2v) is 11.6. The molecular weight excluding hydrogens is 542 g/mol. The van der Waals surface area contributed by atoms with Crippen LogP contribution in [-0.2, 0) is 24.0 Å². The highest BCUT2D eigenvalue weighted by Gasteiger charge is 2.41. The van der Waals surface area contributed by atoms with E-state index in [4.69, 9.17) is 4.28 Å². The zero-order valence-electron chi connectivity index (χ0n) is 22.5. The van der Waals surface area contributed by atoms with Crippen molar-refractivity contribution in [3.8, 4) is 0 Å². The van der Waals surface area contributed by atoms with Gasteiger partial charge in [-0.25, -0.2) is 9.59 Å². The summed E-state index contributed by atoms with van der Waals surface area (Å²) in [6.07, 6.45) is 5.68. The van der Waals surface area contributed by atoms with Crippen molar-refractivity contribution in [1.29, 1.82) is 0 Å². The summed E-state index contributed by atoms with van der Waals surface area (Å²) in [5, 5.41) is 26.3. The maximum absolute atomic E-state index is 12.9. The van der Waals surface area contributed by atoms with Crippen molar-refractivity contribution in [3.63, 3.8) is 0 Å². The zero-order valence-corrected chi connectivity index (χ0v) is 23.3. The number of hydrogen-bond acceptors (Lipinski definition) is 6. The molecule has 3 aromatic rings. The zero-order chi connectivity index (χ0) is 29.1. The van der Waals surface area contributed by atoms with Gasteiger partial charge >= 0.3 is 22.1 Å². The molecule has 0 bridgehead atoms. The molecule has 8 nitrogen and oxygen atoms in total. The van der Waals surface area contributed by atoms with Gasteiger partial charge in [-0.15, -0.1) is 0 Å². The number of rotatable bonds is 11. The van der Waals surface area contributed by atoms with Crippen LogP contribution in [0.2, 0.25) is 0 Å². The van der Waals surface area contributed by atoms with E-state index in [-0.39, 0.29) is 22.6 Å². The van der Waals surface area contributed by atoms with E-state index in [0.29, 0.717) is 29.5 Å². The van der Waals surface area contributed by atoms with E-state index in [1.165, 1.54) is 0 Å². The molecule has 2 aliphatic carbocycles. The van der Waals surface area contributed by atoms with Gasteiger partial charge in [0.1, 0.15) is 11.3 Å². The first-order chi connectivity index (χ1) is 19.7. The normalized spacial score (nSPS) is 15.6. The van der Waals surface area contributed by atoms with Crippen LogP contribution in [0.1, 0.15) is 55.7 Å². The summed E-state index contributed by atoms with van der Waals surface area (Å²) < 4.78 is 30.4. The van der Waals surface area contributed by atoms with Gasteiger partial charge in [-0.2, -0.15) is 8.42 Å². The molecule has 41 heavy (non-hydrogen) atoms. The molecule has 0 saturated heterocycles. The van der Waals surface area contributed by atoms with Crippen LogP contribution in [0.5, 0.6) is 0 Å². The van der Waals surface area contributed by atoms with Gasteiger partial charge in [0.15, 0.2) is 0 Å². The Labute approximate surface area is 238 Å². The van der Waals surface area contributed by atoms with Crippen LogP contribution in [0.25, 0.3) is 28.0 Å². The molecule has 0 saturated carbocycles. The minimum absolute atomic E-state index is 0.223. The molecule has 0 amide bonds. The van der Waals surface area contributed by atoms with Crippen molar-refractivity contribution < 1.29 is 32.5 Å². The van der Waals surface area contributed by atoms with E-state index < -0.39 is 33.2 Å². The van der Waals surface area contributed by atoms with Crippen LogP contribution in [0.4, 0.5) is 0 Å². The van der Waals surface area contributed by atoms with Gasteiger partial charge in [-0.1, -0.05) is 104 Å². The Morgan fingerprint density at radius 3 is 2.20 bits per heavy atom. The third-order valence-corrected chi connectivity index (χ3v) is 8.36. The number of hydrogen-bond donors (Lipinski definition) is 2. The molecule has 9 heteroatoms. The molecule has 0 aliphatic heterocycles. The Bertz CT molecular complexity index is 1790. The Morgan fingerprint density at radius 1 is 0.780 bits per heavy atom. The number of oxime groups is 1. The quantitative estimate of drug-likeness (QED) is 0.204. The Hall–Kier alpha value is -4.50. The molecule has 5 rings (SSSR count). The van der Waals surface area contributed by atoms with Gasteiger partial charge in [0, 0.05) is 16.7 Å². The van der Waals surface area contributed by atoms with E-state index in [1.807, 2.05) is 48.5 Å². The molecule has 0 atom stereocenters. The molecule has 2 N–H and O–H groups in total. The number of benzene rings is 3. The van der Waals surface area contributed by atoms with Crippen molar-refractivity contribution in [3.05, 3.63) is 100 Å². The molecule has 0 heterocycles. The third-order valence-electron chi connectivity index (χ3n) is 7.27. The second-order valence-electron chi connectivity index (χ2n) is 9.97. The van der Waals surface area contributed by atoms with Crippen molar-refractivity contribution in [2.75, 3.05) is 5.75 Å². The number of aliphatic carboxylic acids is 2. The van der Waals surface area contributed by atoms with E-state index >= 15 is 0 Å². The number of allylic oxidation sites excluding steroid dienone is 2. The summed E-state index contributed by atoms with van der Waals surface area (Å²) >= 11 is 0. The molecule has 0 radical (unpaired) electrons. The van der Waals surface area contributed by atoms with Gasteiger partial charge in [-0.05, 0) is 40.0 Å². The summed E-state index contributed by atoms with van der Waals surface area (Å²) in [6.45, 7) is 2.06. The minimum Gasteiger partial charge on any atom is -0.478 e. The summed E-state index contributed by atoms with van der Waals surface area (Å²) in [7, 11) is -4.14. The van der Waals surface area contributed by atoms with Crippen LogP contribution in [-0.4, -0.2) is 42.0 Å². The smallest absolute Gasteiger partial charge is 0.338 e. The fraction of sp³-hybridized carbons (Fsp3) is 0.219. The molecular formula is C32H29NO7S. The van der Waals surface area contributed by atoms with Crippen LogP contribution in [0.15, 0.2) is 88.6 Å². The van der Waals surface area contributed by atoms with Crippen LogP contribution in [0.3, 0.4) is 0 Å². The van der Waals surface area contributed by atoms with Gasteiger partial charge in [0.25, 0.3) is 0 Å². The van der Waals surface area contributed by atoms with E-state index in [1.54, 1.807) is 24.3 Å². The number of unbranched alkanes of at least 4 members (excludes halogenated alkanes) is 4. The predicted molar refractivity (Wildman–Crippen MR) is 159 cm³/mol. The number of carboxylic acids is 2. The maximum atomic E-state index is 12.9. The number of carbonyl (C=O) groups is 2. The Balaban J connectivity index is 1.72. The highest BCUT2D eigenvalue weighted by molar-refractivity contribution is 7.86. The fourth-order valence-electron chi connectivity index (χ4n) is 5.43. The lowest BCUT2D eigenvalue weighted by atomic mass is 9.77. The third kappa shape index (κ3) is 5.45. The lowest BCUT2D eigenvalue weighted by Crippen LogP contribution is -2.26. The Kier molecular flexibility index (Phi) is 7.90. The van der Waals surface area contributed by atoms with Crippen LogP contribution < -0.4 is 0 Å². The van der Waals surface area contributed by atoms with E-state index in [0.717, 1.165) is 35.6 Å². The monoisotopic (exact) mass is 571 g/mol. The average molecular weight is 572 g/mol. The summed E-state index contributed by atoms with van der Waals surface area (Å²) in [4.78, 5) is 25.6. The number of fused-ring (bicyclic) bond motifs is 4. The fourth-order valence-corrected chi connectivity index (χ4v) is 6.25. The molecule has 3 aromatic carbocycles. The Morgan fingerprint density at radius 2 is 1.44 bits per heavy atom. The van der Waals surface area contributed by atoms with E-state index in [2.05, 4.69) is 12.1 Å². The highest BCUT2D eigenvalue weighted by atomic mass is 32.2. The van der Waals surface area contributed by atoms with E-state index in [9.17, 15) is 28.2 Å². The summed E-state index contributed by atoms with van der Waals surface area (Å²) in [5.41, 5.74) is 1.43. The van der Waals surface area contributed by atoms with Gasteiger partial charge in [0.2, 0.25) is 0 Å². The molecule has 0 spiro atoms. The van der Waals surface area contributed by atoms with Crippen LogP contribution in [0, 0.1) is 0 Å². The molecule has 0 unspecified atom stereocenters. The van der Waals surface area contributed by atoms with Gasteiger partial charge in [0.05, 0.1) is 11.3 Å². The minimum atomic E-state index is -4.14. The summed E-state index contributed by atoms with van der Waals surface area (Å²) in [5.74, 6) is -3.32. The van der Waals surface area contributed by atoms with Gasteiger partial charge < -0.3 is 10.2 Å². The lowest BCUT2D eigenvalue weighted by molar-refractivity contribution is -0.135. The first kappa shape index (κ1) is 28.0. The number of nitrogens with zero attached hydrogens (tertiary/aromatic N) is 1. The SMILES string of the molecule is CCCCCCCS(=O)(=O)ON=C1C2=Cc3ccccc3C2=C(c2cccc3ccccc23)C(C(=O)O)=C1C(=O)O. The second kappa shape index (κ2) is 11.5. The summed E-state index contributed by atoms with van der Waals surface area (Å²) in [6, 6.07) is 20.1. The molecule has 0 aromatic heterocycles. The number of carboxylic acid groups (broad SMARTS) is 2. The van der Waals surface area contributed by atoms with Crippen molar-refractivity contribution in [1.82, 2.24) is 0 Å². The standard InChI is InChI=1S/C32H29NO7S/c1-2-3-4-5-10-18-41(38,39)40-33-30-25-19-21-13-7-9-16-23(21)26(25)27(28(31(34)35)29(30)32(36)37)24-17-11-14-20-12-6-8-15-22(20)24/h6-9,11-17,19H,2-5,10,18H2,1H3,(H,34,35)(H,36,37). The molecule has 210 valence electrons. The van der Waals surface area contributed by atoms with Crippen molar-refractivity contribution in [2.45, 2.75) is 39.0 Å². The highest BCUT2D eigenvalue weighted by Crippen LogP contribution is 2.49. The molecule has 0 fully saturated rings.